The molecule has 1 N–H and O–H groups in total. The van der Waals surface area contributed by atoms with Crippen LogP contribution in [0.5, 0.6) is 5.75 Å². The first kappa shape index (κ1) is 13.4. The molecule has 98 valence electrons. The van der Waals surface area contributed by atoms with Gasteiger partial charge in [0.25, 0.3) is 0 Å². The smallest absolute Gasteiger partial charge is 0.337 e. The minimum Gasteiger partial charge on any atom is -0.489 e. The van der Waals surface area contributed by atoms with E-state index < -0.39 is 5.97 Å². The van der Waals surface area contributed by atoms with Gasteiger partial charge in [0.05, 0.1) is 10.6 Å². The second-order valence-electron chi connectivity index (χ2n) is 3.86. The number of ether oxygens (including phenoxy) is 1. The van der Waals surface area contributed by atoms with E-state index in [-0.39, 0.29) is 23.0 Å². The Morgan fingerprint density at radius 1 is 1.21 bits per heavy atom. The molecular formula is C14H10ClFO3. The standard InChI is InChI=1S/C14H10ClFO3/c15-13-6-1-9(7-12(13)14(17)18)8-19-11-4-2-10(16)3-5-11/h1-7H,8H2,(H,17,18). The van der Waals surface area contributed by atoms with Crippen molar-refractivity contribution in [3.05, 3.63) is 64.4 Å². The first-order chi connectivity index (χ1) is 9.06. The van der Waals surface area contributed by atoms with Gasteiger partial charge in [-0.3, -0.25) is 0 Å². The van der Waals surface area contributed by atoms with E-state index in [1.54, 1.807) is 6.07 Å². The summed E-state index contributed by atoms with van der Waals surface area (Å²) in [6.07, 6.45) is 0. The average Bonchev–Trinajstić information content (AvgIpc) is 2.39. The van der Waals surface area contributed by atoms with E-state index >= 15 is 0 Å². The molecule has 0 saturated heterocycles. The maximum absolute atomic E-state index is 12.7. The van der Waals surface area contributed by atoms with Crippen LogP contribution in [-0.2, 0) is 6.61 Å². The van der Waals surface area contributed by atoms with Crippen molar-refractivity contribution in [2.45, 2.75) is 6.61 Å². The third-order valence-electron chi connectivity index (χ3n) is 2.48. The lowest BCUT2D eigenvalue weighted by Crippen LogP contribution is -2.01. The van der Waals surface area contributed by atoms with Crippen molar-refractivity contribution in [1.29, 1.82) is 0 Å². The van der Waals surface area contributed by atoms with Crippen LogP contribution >= 0.6 is 11.6 Å². The van der Waals surface area contributed by atoms with Crippen molar-refractivity contribution in [2.75, 3.05) is 0 Å². The highest BCUT2D eigenvalue weighted by atomic mass is 35.5. The van der Waals surface area contributed by atoms with Crippen LogP contribution in [-0.4, -0.2) is 11.1 Å². The number of halogens is 2. The number of rotatable bonds is 4. The van der Waals surface area contributed by atoms with Gasteiger partial charge < -0.3 is 9.84 Å². The highest BCUT2D eigenvalue weighted by Crippen LogP contribution is 2.19. The molecule has 0 bridgehead atoms. The highest BCUT2D eigenvalue weighted by molar-refractivity contribution is 6.33. The molecule has 0 amide bonds. The van der Waals surface area contributed by atoms with Crippen LogP contribution in [0.2, 0.25) is 5.02 Å². The van der Waals surface area contributed by atoms with E-state index in [2.05, 4.69) is 0 Å². The van der Waals surface area contributed by atoms with Gasteiger partial charge in [-0.15, -0.1) is 0 Å². The average molecular weight is 281 g/mol. The van der Waals surface area contributed by atoms with Gasteiger partial charge >= 0.3 is 5.97 Å². The minimum absolute atomic E-state index is 0.0295. The number of carboxylic acid groups (broad SMARTS) is 1. The van der Waals surface area contributed by atoms with E-state index in [0.717, 1.165) is 0 Å². The maximum Gasteiger partial charge on any atom is 0.337 e. The quantitative estimate of drug-likeness (QED) is 0.927. The lowest BCUT2D eigenvalue weighted by molar-refractivity contribution is 0.0697. The SMILES string of the molecule is O=C(O)c1cc(COc2ccc(F)cc2)ccc1Cl. The number of carbonyl (C=O) groups is 1. The molecule has 2 aromatic rings. The number of hydrogen-bond donors (Lipinski definition) is 1. The predicted molar refractivity (Wildman–Crippen MR) is 69.1 cm³/mol. The molecule has 0 unspecified atom stereocenters. The molecule has 3 nitrogen and oxygen atoms in total. The molecule has 2 aromatic carbocycles. The molecule has 5 heteroatoms. The fraction of sp³-hybridized carbons (Fsp3) is 0.0714. The number of benzene rings is 2. The van der Waals surface area contributed by atoms with E-state index in [1.807, 2.05) is 0 Å². The highest BCUT2D eigenvalue weighted by Gasteiger charge is 2.09. The predicted octanol–water partition coefficient (Wildman–Crippen LogP) is 3.76. The Bertz CT molecular complexity index is 596. The second-order valence-corrected chi connectivity index (χ2v) is 4.27. The molecule has 0 fully saturated rings. The van der Waals surface area contributed by atoms with E-state index in [4.69, 9.17) is 21.4 Å². The molecule has 0 spiro atoms. The van der Waals surface area contributed by atoms with Gasteiger partial charge in [0.1, 0.15) is 18.2 Å². The van der Waals surface area contributed by atoms with E-state index in [9.17, 15) is 9.18 Å². The summed E-state index contributed by atoms with van der Waals surface area (Å²) >= 11 is 5.76. The molecule has 0 aromatic heterocycles. The summed E-state index contributed by atoms with van der Waals surface area (Å²) < 4.78 is 18.1. The number of aromatic carboxylic acids is 1. The van der Waals surface area contributed by atoms with Gasteiger partial charge in [0.15, 0.2) is 0 Å². The summed E-state index contributed by atoms with van der Waals surface area (Å²) in [5, 5.41) is 9.12. The molecule has 0 atom stereocenters. The lowest BCUT2D eigenvalue weighted by Gasteiger charge is -2.07. The molecule has 19 heavy (non-hydrogen) atoms. The monoisotopic (exact) mass is 280 g/mol. The van der Waals surface area contributed by atoms with Gasteiger partial charge in [0.2, 0.25) is 0 Å². The van der Waals surface area contributed by atoms with E-state index in [1.165, 1.54) is 36.4 Å². The van der Waals surface area contributed by atoms with Crippen LogP contribution in [0.3, 0.4) is 0 Å². The Kier molecular flexibility index (Phi) is 4.02. The van der Waals surface area contributed by atoms with Crippen molar-refractivity contribution in [3.63, 3.8) is 0 Å². The van der Waals surface area contributed by atoms with Gasteiger partial charge in [-0.05, 0) is 42.0 Å². The summed E-state index contributed by atoms with van der Waals surface area (Å²) in [5.41, 5.74) is 0.702. The Morgan fingerprint density at radius 3 is 2.53 bits per heavy atom. The van der Waals surface area contributed by atoms with Gasteiger partial charge in [-0.2, -0.15) is 0 Å². The molecule has 2 rings (SSSR count). The first-order valence-electron chi connectivity index (χ1n) is 5.46. The molecule has 0 aliphatic carbocycles. The summed E-state index contributed by atoms with van der Waals surface area (Å²) in [4.78, 5) is 10.9. The fourth-order valence-electron chi connectivity index (χ4n) is 1.52. The zero-order chi connectivity index (χ0) is 13.8. The number of hydrogen-bond acceptors (Lipinski definition) is 2. The summed E-state index contributed by atoms with van der Waals surface area (Å²) in [5.74, 6) is -0.922. The zero-order valence-electron chi connectivity index (χ0n) is 9.77. The van der Waals surface area contributed by atoms with Crippen LogP contribution in [0.15, 0.2) is 42.5 Å². The maximum atomic E-state index is 12.7. The topological polar surface area (TPSA) is 46.5 Å². The Balaban J connectivity index is 2.09. The number of carboxylic acids is 1. The normalized spacial score (nSPS) is 10.2. The third kappa shape index (κ3) is 3.45. The van der Waals surface area contributed by atoms with E-state index in [0.29, 0.717) is 11.3 Å². The summed E-state index contributed by atoms with van der Waals surface area (Å²) in [6.45, 7) is 0.184. The van der Waals surface area contributed by atoms with Crippen molar-refractivity contribution < 1.29 is 19.0 Å². The summed E-state index contributed by atoms with van der Waals surface area (Å²) in [7, 11) is 0. The van der Waals surface area contributed by atoms with Crippen molar-refractivity contribution in [3.8, 4) is 5.75 Å². The molecule has 0 saturated carbocycles. The second kappa shape index (κ2) is 5.71. The largest absolute Gasteiger partial charge is 0.489 e. The van der Waals surface area contributed by atoms with Crippen molar-refractivity contribution in [1.82, 2.24) is 0 Å². The third-order valence-corrected chi connectivity index (χ3v) is 2.81. The van der Waals surface area contributed by atoms with Gasteiger partial charge in [0, 0.05) is 0 Å². The van der Waals surface area contributed by atoms with Gasteiger partial charge in [-0.1, -0.05) is 17.7 Å². The lowest BCUT2D eigenvalue weighted by atomic mass is 10.1. The Labute approximate surface area is 114 Å². The zero-order valence-corrected chi connectivity index (χ0v) is 10.5. The molecule has 0 heterocycles. The molecule has 0 radical (unpaired) electrons. The minimum atomic E-state index is -1.09. The van der Waals surface area contributed by atoms with Crippen LogP contribution in [0.1, 0.15) is 15.9 Å². The molecule has 0 aliphatic heterocycles. The molecule has 0 aliphatic rings. The summed E-state index contributed by atoms with van der Waals surface area (Å²) in [6, 6.07) is 10.2. The van der Waals surface area contributed by atoms with Crippen molar-refractivity contribution in [2.24, 2.45) is 0 Å². The van der Waals surface area contributed by atoms with Crippen LogP contribution in [0.4, 0.5) is 4.39 Å². The molecular weight excluding hydrogens is 271 g/mol. The fourth-order valence-corrected chi connectivity index (χ4v) is 1.72. The Morgan fingerprint density at radius 2 is 1.89 bits per heavy atom. The van der Waals surface area contributed by atoms with Gasteiger partial charge in [-0.25, -0.2) is 9.18 Å². The van der Waals surface area contributed by atoms with Crippen molar-refractivity contribution >= 4 is 17.6 Å². The van der Waals surface area contributed by atoms with Crippen LogP contribution in [0.25, 0.3) is 0 Å². The Hall–Kier alpha value is -2.07. The van der Waals surface area contributed by atoms with Crippen LogP contribution < -0.4 is 4.74 Å². The van der Waals surface area contributed by atoms with Crippen LogP contribution in [0, 0.1) is 5.82 Å². The first-order valence-corrected chi connectivity index (χ1v) is 5.84.